The second-order valence-electron chi connectivity index (χ2n) is 8.42. The van der Waals surface area contributed by atoms with Crippen LogP contribution in [0.15, 0.2) is 65.7 Å². The predicted octanol–water partition coefficient (Wildman–Crippen LogP) is 3.76. The van der Waals surface area contributed by atoms with Crippen LogP contribution in [0.25, 0.3) is 38.9 Å². The highest BCUT2D eigenvalue weighted by molar-refractivity contribution is 5.96. The number of aliphatic hydroxyl groups is 1. The number of fused-ring (bicyclic) bond motifs is 2. The van der Waals surface area contributed by atoms with Crippen LogP contribution in [-0.4, -0.2) is 35.1 Å². The molecule has 3 aromatic heterocycles. The van der Waals surface area contributed by atoms with Crippen LogP contribution in [0.5, 0.6) is 0 Å². The average Bonchev–Trinajstić information content (AvgIpc) is 3.54. The van der Waals surface area contributed by atoms with E-state index in [1.54, 1.807) is 4.57 Å². The number of hydrogen-bond acceptors (Lipinski definition) is 3. The maximum absolute atomic E-state index is 13.0. The number of nitrogens with one attached hydrogen (secondary N) is 1. The predicted molar refractivity (Wildman–Crippen MR) is 120 cm³/mol. The van der Waals surface area contributed by atoms with Crippen molar-refractivity contribution in [3.05, 3.63) is 71.4 Å². The molecule has 0 amide bonds. The highest BCUT2D eigenvalue weighted by atomic mass is 16.3. The summed E-state index contributed by atoms with van der Waals surface area (Å²) < 4.78 is 5.94. The summed E-state index contributed by atoms with van der Waals surface area (Å²) in [4.78, 5) is 13.0. The Labute approximate surface area is 178 Å². The Bertz CT molecular complexity index is 1480. The zero-order valence-corrected chi connectivity index (χ0v) is 17.2. The Balaban J connectivity index is 1.60. The lowest BCUT2D eigenvalue weighted by molar-refractivity contribution is 0.178. The topological polar surface area (TPSA) is 80.8 Å². The lowest BCUT2D eigenvalue weighted by Gasteiger charge is -2.13. The van der Waals surface area contributed by atoms with Crippen molar-refractivity contribution in [3.8, 4) is 17.1 Å². The third-order valence-electron chi connectivity index (χ3n) is 6.54. The normalized spacial score (nSPS) is 19.0. The van der Waals surface area contributed by atoms with Gasteiger partial charge in [-0.15, -0.1) is 0 Å². The summed E-state index contributed by atoms with van der Waals surface area (Å²) in [5, 5.41) is 19.2. The van der Waals surface area contributed by atoms with Gasteiger partial charge in [-0.25, -0.2) is 14.5 Å². The van der Waals surface area contributed by atoms with Gasteiger partial charge in [-0.05, 0) is 31.4 Å². The van der Waals surface area contributed by atoms with E-state index in [0.29, 0.717) is 5.82 Å². The largest absolute Gasteiger partial charge is 0.393 e. The van der Waals surface area contributed by atoms with E-state index < -0.39 is 0 Å². The van der Waals surface area contributed by atoms with E-state index in [1.165, 1.54) is 0 Å². The van der Waals surface area contributed by atoms with Crippen LogP contribution in [0, 0.1) is 0 Å². The van der Waals surface area contributed by atoms with Crippen molar-refractivity contribution >= 4 is 21.8 Å². The van der Waals surface area contributed by atoms with Gasteiger partial charge in [-0.1, -0.05) is 36.4 Å². The molecular weight excluding hydrogens is 390 g/mol. The molecule has 0 spiro atoms. The van der Waals surface area contributed by atoms with Crippen molar-refractivity contribution in [2.75, 3.05) is 0 Å². The Morgan fingerprint density at radius 1 is 1.00 bits per heavy atom. The summed E-state index contributed by atoms with van der Waals surface area (Å²) in [5.74, 6) is 0.594. The molecule has 2 aromatic carbocycles. The number of aromatic amines is 1. The molecule has 1 saturated carbocycles. The van der Waals surface area contributed by atoms with E-state index in [-0.39, 0.29) is 17.8 Å². The second kappa shape index (κ2) is 6.72. The van der Waals surface area contributed by atoms with Crippen molar-refractivity contribution in [1.29, 1.82) is 0 Å². The fourth-order valence-corrected chi connectivity index (χ4v) is 5.07. The SMILES string of the molecule is Cn1cc(-c2n[nH]c(=O)n2-c2cn([C@H]3CC[C@@H](O)C3)c3ccccc23)c2ccccc21. The molecule has 3 heterocycles. The molecule has 0 bridgehead atoms. The number of nitrogens with zero attached hydrogens (tertiary/aromatic N) is 4. The van der Waals surface area contributed by atoms with Gasteiger partial charge >= 0.3 is 5.69 Å². The van der Waals surface area contributed by atoms with Crippen molar-refractivity contribution in [2.24, 2.45) is 7.05 Å². The van der Waals surface area contributed by atoms with Crippen LogP contribution < -0.4 is 5.69 Å². The second-order valence-corrected chi connectivity index (χ2v) is 8.42. The molecule has 5 aromatic rings. The standard InChI is InChI=1S/C24H23N5O2/c1-27-13-19(17-6-2-4-8-20(17)27)23-25-26-24(31)29(23)22-14-28(15-10-11-16(30)12-15)21-9-5-3-7-18(21)22/h2-9,13-16,30H,10-12H2,1H3,(H,26,31)/t15-,16+/m0/s1. The number of benzene rings is 2. The van der Waals surface area contributed by atoms with Gasteiger partial charge < -0.3 is 14.2 Å². The maximum Gasteiger partial charge on any atom is 0.348 e. The quantitative estimate of drug-likeness (QED) is 0.473. The third kappa shape index (κ3) is 2.70. The molecule has 1 fully saturated rings. The monoisotopic (exact) mass is 413 g/mol. The average molecular weight is 413 g/mol. The van der Waals surface area contributed by atoms with Gasteiger partial charge in [0.25, 0.3) is 0 Å². The van der Waals surface area contributed by atoms with Crippen LogP contribution in [0.3, 0.4) is 0 Å². The van der Waals surface area contributed by atoms with Gasteiger partial charge in [0.1, 0.15) is 0 Å². The van der Waals surface area contributed by atoms with E-state index in [9.17, 15) is 9.90 Å². The van der Waals surface area contributed by atoms with Crippen LogP contribution in [-0.2, 0) is 7.05 Å². The molecule has 1 aliphatic carbocycles. The van der Waals surface area contributed by atoms with Gasteiger partial charge in [-0.3, -0.25) is 0 Å². The number of hydrogen-bond donors (Lipinski definition) is 2. The highest BCUT2D eigenvalue weighted by Crippen LogP contribution is 2.37. The van der Waals surface area contributed by atoms with Crippen molar-refractivity contribution in [3.63, 3.8) is 0 Å². The molecular formula is C24H23N5O2. The molecule has 156 valence electrons. The van der Waals surface area contributed by atoms with E-state index in [1.807, 2.05) is 49.8 Å². The first-order valence-corrected chi connectivity index (χ1v) is 10.6. The summed E-state index contributed by atoms with van der Waals surface area (Å²) in [6.45, 7) is 0. The first-order valence-electron chi connectivity index (χ1n) is 10.6. The lowest BCUT2D eigenvalue weighted by atomic mass is 10.1. The Morgan fingerprint density at radius 3 is 2.52 bits per heavy atom. The smallest absolute Gasteiger partial charge is 0.348 e. The minimum absolute atomic E-state index is 0.220. The molecule has 2 atom stereocenters. The molecule has 0 aliphatic heterocycles. The zero-order chi connectivity index (χ0) is 21.1. The summed E-state index contributed by atoms with van der Waals surface area (Å²) in [5.41, 5.74) is 3.59. The van der Waals surface area contributed by atoms with Crippen LogP contribution in [0.1, 0.15) is 25.3 Å². The fourth-order valence-electron chi connectivity index (χ4n) is 5.07. The molecule has 6 rings (SSSR count). The molecule has 7 nitrogen and oxygen atoms in total. The number of H-pyrrole nitrogens is 1. The maximum atomic E-state index is 13.0. The molecule has 31 heavy (non-hydrogen) atoms. The van der Waals surface area contributed by atoms with E-state index in [4.69, 9.17) is 0 Å². The molecule has 2 N–H and O–H groups in total. The van der Waals surface area contributed by atoms with Crippen LogP contribution >= 0.6 is 0 Å². The number of aliphatic hydroxyl groups excluding tert-OH is 1. The van der Waals surface area contributed by atoms with Gasteiger partial charge in [0, 0.05) is 47.3 Å². The fraction of sp³-hybridized carbons (Fsp3) is 0.250. The zero-order valence-electron chi connectivity index (χ0n) is 17.2. The Morgan fingerprint density at radius 2 is 1.74 bits per heavy atom. The van der Waals surface area contributed by atoms with Crippen molar-refractivity contribution < 1.29 is 5.11 Å². The number of para-hydroxylation sites is 2. The number of aromatic nitrogens is 5. The summed E-state index contributed by atoms with van der Waals surface area (Å²) in [6, 6.07) is 16.5. The third-order valence-corrected chi connectivity index (χ3v) is 6.54. The van der Waals surface area contributed by atoms with Gasteiger partial charge in [0.05, 0.1) is 17.3 Å². The van der Waals surface area contributed by atoms with Crippen molar-refractivity contribution in [1.82, 2.24) is 23.9 Å². The number of aryl methyl sites for hydroxylation is 1. The molecule has 0 radical (unpaired) electrons. The molecule has 0 unspecified atom stereocenters. The Kier molecular flexibility index (Phi) is 3.94. The highest BCUT2D eigenvalue weighted by Gasteiger charge is 2.27. The lowest BCUT2D eigenvalue weighted by Crippen LogP contribution is -2.15. The summed E-state index contributed by atoms with van der Waals surface area (Å²) in [6.07, 6.45) is 6.25. The van der Waals surface area contributed by atoms with Gasteiger partial charge in [0.15, 0.2) is 5.82 Å². The van der Waals surface area contributed by atoms with Crippen LogP contribution in [0.2, 0.25) is 0 Å². The van der Waals surface area contributed by atoms with Crippen molar-refractivity contribution in [2.45, 2.75) is 31.4 Å². The van der Waals surface area contributed by atoms with Gasteiger partial charge in [0.2, 0.25) is 0 Å². The van der Waals surface area contributed by atoms with Crippen LogP contribution in [0.4, 0.5) is 0 Å². The van der Waals surface area contributed by atoms with Gasteiger partial charge in [-0.2, -0.15) is 5.10 Å². The van der Waals surface area contributed by atoms with E-state index in [0.717, 1.165) is 52.3 Å². The minimum Gasteiger partial charge on any atom is -0.393 e. The molecule has 7 heteroatoms. The molecule has 0 saturated heterocycles. The summed E-state index contributed by atoms with van der Waals surface area (Å²) in [7, 11) is 2.00. The number of rotatable bonds is 3. The Hall–Kier alpha value is -3.58. The minimum atomic E-state index is -0.266. The molecule has 1 aliphatic rings. The summed E-state index contributed by atoms with van der Waals surface area (Å²) >= 11 is 0. The first kappa shape index (κ1) is 18.2. The van der Waals surface area contributed by atoms with E-state index in [2.05, 4.69) is 37.5 Å². The first-order chi connectivity index (χ1) is 15.1. The van der Waals surface area contributed by atoms with E-state index >= 15 is 0 Å².